The summed E-state index contributed by atoms with van der Waals surface area (Å²) >= 11 is 12.0. The van der Waals surface area contributed by atoms with Crippen molar-refractivity contribution >= 4 is 45.9 Å². The molecule has 0 unspecified atom stereocenters. The van der Waals surface area contributed by atoms with Gasteiger partial charge in [0.15, 0.2) is 17.0 Å². The standard InChI is InChI=1S/C16H13Cl2N3O4/c1-3-12-19-14-11(24-2)5-4-8(15(14)25-12)16(22)20-13-9(17)6-21(23)7-10(13)18/h4-7H,3H2,1-2H3,(H,20,22). The van der Waals surface area contributed by atoms with Crippen LogP contribution in [0.5, 0.6) is 5.75 Å². The van der Waals surface area contributed by atoms with Crippen LogP contribution in [-0.2, 0) is 6.42 Å². The van der Waals surface area contributed by atoms with E-state index in [9.17, 15) is 10.0 Å². The number of ether oxygens (including phenoxy) is 1. The molecule has 0 aliphatic rings. The second kappa shape index (κ2) is 6.78. The van der Waals surface area contributed by atoms with Gasteiger partial charge < -0.3 is 19.7 Å². The van der Waals surface area contributed by atoms with Crippen molar-refractivity contribution in [2.75, 3.05) is 12.4 Å². The van der Waals surface area contributed by atoms with Gasteiger partial charge in [0.25, 0.3) is 5.91 Å². The van der Waals surface area contributed by atoms with E-state index >= 15 is 0 Å². The molecule has 3 aromatic rings. The van der Waals surface area contributed by atoms with Crippen molar-refractivity contribution in [3.05, 3.63) is 51.2 Å². The molecule has 25 heavy (non-hydrogen) atoms. The fourth-order valence-corrected chi connectivity index (χ4v) is 2.87. The smallest absolute Gasteiger partial charge is 0.259 e. The van der Waals surface area contributed by atoms with Gasteiger partial charge in [-0.3, -0.25) is 4.79 Å². The van der Waals surface area contributed by atoms with Crippen LogP contribution >= 0.6 is 23.2 Å². The molecule has 9 heteroatoms. The quantitative estimate of drug-likeness (QED) is 0.550. The van der Waals surface area contributed by atoms with Crippen molar-refractivity contribution in [1.29, 1.82) is 0 Å². The summed E-state index contributed by atoms with van der Waals surface area (Å²) in [5.74, 6) is 0.480. The van der Waals surface area contributed by atoms with E-state index in [1.807, 2.05) is 6.92 Å². The first kappa shape index (κ1) is 17.3. The first-order chi connectivity index (χ1) is 11.9. The molecule has 0 fully saturated rings. The Morgan fingerprint density at radius 1 is 1.36 bits per heavy atom. The van der Waals surface area contributed by atoms with Gasteiger partial charge >= 0.3 is 0 Å². The van der Waals surface area contributed by atoms with Gasteiger partial charge in [-0.2, -0.15) is 4.73 Å². The number of hydrogen-bond acceptors (Lipinski definition) is 5. The number of amides is 1. The summed E-state index contributed by atoms with van der Waals surface area (Å²) in [5, 5.41) is 13.9. The van der Waals surface area contributed by atoms with Crippen LogP contribution < -0.4 is 14.8 Å². The fraction of sp³-hybridized carbons (Fsp3) is 0.188. The van der Waals surface area contributed by atoms with E-state index in [-0.39, 0.29) is 21.3 Å². The lowest BCUT2D eigenvalue weighted by Crippen LogP contribution is -2.25. The van der Waals surface area contributed by atoms with E-state index in [0.717, 1.165) is 12.4 Å². The second-order valence-corrected chi connectivity index (χ2v) is 5.91. The number of nitrogens with one attached hydrogen (secondary N) is 1. The minimum absolute atomic E-state index is 0.0208. The highest BCUT2D eigenvalue weighted by molar-refractivity contribution is 6.39. The van der Waals surface area contributed by atoms with Gasteiger partial charge in [-0.15, -0.1) is 0 Å². The van der Waals surface area contributed by atoms with Crippen LogP contribution in [0.1, 0.15) is 23.2 Å². The van der Waals surface area contributed by atoms with Crippen LogP contribution in [-0.4, -0.2) is 18.0 Å². The molecule has 0 saturated carbocycles. The summed E-state index contributed by atoms with van der Waals surface area (Å²) in [7, 11) is 1.51. The minimum Gasteiger partial charge on any atom is -0.619 e. The summed E-state index contributed by atoms with van der Waals surface area (Å²) in [6.07, 6.45) is 2.76. The Labute approximate surface area is 152 Å². The van der Waals surface area contributed by atoms with Gasteiger partial charge in [-0.05, 0) is 12.1 Å². The molecule has 0 bridgehead atoms. The van der Waals surface area contributed by atoms with Crippen LogP contribution in [0.3, 0.4) is 0 Å². The van der Waals surface area contributed by atoms with Gasteiger partial charge in [0.2, 0.25) is 12.4 Å². The van der Waals surface area contributed by atoms with Crippen LogP contribution in [0.2, 0.25) is 10.0 Å². The van der Waals surface area contributed by atoms with Gasteiger partial charge in [-0.25, -0.2) is 4.98 Å². The average molecular weight is 382 g/mol. The number of rotatable bonds is 4. The molecule has 1 N–H and O–H groups in total. The van der Waals surface area contributed by atoms with E-state index in [1.54, 1.807) is 12.1 Å². The molecule has 0 aliphatic carbocycles. The van der Waals surface area contributed by atoms with Crippen LogP contribution in [0.15, 0.2) is 28.9 Å². The maximum absolute atomic E-state index is 12.7. The lowest BCUT2D eigenvalue weighted by atomic mass is 10.1. The summed E-state index contributed by atoms with van der Waals surface area (Å²) in [5.41, 5.74) is 1.14. The third-order valence-corrected chi connectivity index (χ3v) is 4.09. The van der Waals surface area contributed by atoms with E-state index in [4.69, 9.17) is 32.4 Å². The highest BCUT2D eigenvalue weighted by atomic mass is 35.5. The number of oxazole rings is 1. The van der Waals surface area contributed by atoms with Gasteiger partial charge in [0.05, 0.1) is 18.4 Å². The molecule has 0 radical (unpaired) electrons. The lowest BCUT2D eigenvalue weighted by molar-refractivity contribution is -0.605. The first-order valence-corrected chi connectivity index (χ1v) is 8.05. The van der Waals surface area contributed by atoms with Gasteiger partial charge in [0, 0.05) is 6.42 Å². The van der Waals surface area contributed by atoms with Crippen molar-refractivity contribution < 1.29 is 18.7 Å². The zero-order chi connectivity index (χ0) is 18.1. The third kappa shape index (κ3) is 3.20. The van der Waals surface area contributed by atoms with Crippen LogP contribution in [0.25, 0.3) is 11.1 Å². The maximum atomic E-state index is 12.7. The minimum atomic E-state index is -0.501. The molecule has 2 heterocycles. The highest BCUT2D eigenvalue weighted by Gasteiger charge is 2.21. The number of carbonyl (C=O) groups excluding carboxylic acids is 1. The average Bonchev–Trinajstić information content (AvgIpc) is 3.01. The van der Waals surface area contributed by atoms with Crippen molar-refractivity contribution in [3.8, 4) is 5.75 Å². The number of pyridine rings is 1. The predicted molar refractivity (Wildman–Crippen MR) is 93.3 cm³/mol. The molecule has 0 spiro atoms. The number of benzene rings is 1. The van der Waals surface area contributed by atoms with Gasteiger partial charge in [0.1, 0.15) is 15.8 Å². The maximum Gasteiger partial charge on any atom is 0.259 e. The Hall–Kier alpha value is -2.51. The molecule has 7 nitrogen and oxygen atoms in total. The Balaban J connectivity index is 2.05. The van der Waals surface area contributed by atoms with E-state index in [1.165, 1.54) is 7.11 Å². The number of anilines is 1. The fourth-order valence-electron chi connectivity index (χ4n) is 2.33. The molecule has 2 aromatic heterocycles. The summed E-state index contributed by atoms with van der Waals surface area (Å²) in [4.78, 5) is 17.0. The number of methoxy groups -OCH3 is 1. The first-order valence-electron chi connectivity index (χ1n) is 7.30. The monoisotopic (exact) mass is 381 g/mol. The topological polar surface area (TPSA) is 91.3 Å². The van der Waals surface area contributed by atoms with Crippen molar-refractivity contribution in [2.24, 2.45) is 0 Å². The van der Waals surface area contributed by atoms with Crippen molar-refractivity contribution in [2.45, 2.75) is 13.3 Å². The van der Waals surface area contributed by atoms with E-state index in [0.29, 0.717) is 33.9 Å². The molecule has 3 rings (SSSR count). The molecule has 1 aromatic carbocycles. The number of hydrogen-bond donors (Lipinski definition) is 1. The Kier molecular flexibility index (Phi) is 4.69. The molecular formula is C16H13Cl2N3O4. The zero-order valence-electron chi connectivity index (χ0n) is 13.3. The zero-order valence-corrected chi connectivity index (χ0v) is 14.8. The molecule has 0 atom stereocenters. The highest BCUT2D eigenvalue weighted by Crippen LogP contribution is 2.32. The molecular weight excluding hydrogens is 369 g/mol. The lowest BCUT2D eigenvalue weighted by Gasteiger charge is -2.09. The number of halogens is 2. The number of aryl methyl sites for hydroxylation is 1. The molecule has 1 amide bonds. The Morgan fingerprint density at radius 3 is 2.64 bits per heavy atom. The molecule has 130 valence electrons. The number of aromatic nitrogens is 2. The number of fused-ring (bicyclic) bond motifs is 1. The summed E-state index contributed by atoms with van der Waals surface area (Å²) < 4.78 is 11.4. The summed E-state index contributed by atoms with van der Waals surface area (Å²) in [6, 6.07) is 3.18. The number of carbonyl (C=O) groups is 1. The summed E-state index contributed by atoms with van der Waals surface area (Å²) in [6.45, 7) is 1.89. The normalized spacial score (nSPS) is 10.9. The Morgan fingerprint density at radius 2 is 2.04 bits per heavy atom. The SMILES string of the molecule is CCc1nc2c(OC)ccc(C(=O)Nc3c(Cl)c[n+]([O-])cc3Cl)c2o1. The van der Waals surface area contributed by atoms with E-state index < -0.39 is 5.91 Å². The second-order valence-electron chi connectivity index (χ2n) is 5.10. The van der Waals surface area contributed by atoms with Crippen molar-refractivity contribution in [1.82, 2.24) is 4.98 Å². The van der Waals surface area contributed by atoms with Crippen LogP contribution in [0, 0.1) is 5.21 Å². The predicted octanol–water partition coefficient (Wildman–Crippen LogP) is 3.59. The van der Waals surface area contributed by atoms with E-state index in [2.05, 4.69) is 10.3 Å². The Bertz CT molecular complexity index is 948. The third-order valence-electron chi connectivity index (χ3n) is 3.52. The van der Waals surface area contributed by atoms with Crippen molar-refractivity contribution in [3.63, 3.8) is 0 Å². The molecule has 0 saturated heterocycles. The number of nitrogens with zero attached hydrogens (tertiary/aromatic N) is 2. The van der Waals surface area contributed by atoms with Crippen LogP contribution in [0.4, 0.5) is 5.69 Å². The van der Waals surface area contributed by atoms with Gasteiger partial charge in [-0.1, -0.05) is 30.1 Å². The molecule has 0 aliphatic heterocycles. The largest absolute Gasteiger partial charge is 0.619 e.